The fourth-order valence-electron chi connectivity index (χ4n) is 3.40. The molecule has 0 unspecified atom stereocenters. The molecule has 0 saturated carbocycles. The Balaban J connectivity index is 1.74. The number of ether oxygens (including phenoxy) is 2. The highest BCUT2D eigenvalue weighted by Crippen LogP contribution is 2.31. The summed E-state index contributed by atoms with van der Waals surface area (Å²) in [5.74, 6) is -1.11. The summed E-state index contributed by atoms with van der Waals surface area (Å²) in [6.45, 7) is 0.236. The van der Waals surface area contributed by atoms with Crippen LogP contribution in [0.25, 0.3) is 0 Å². The van der Waals surface area contributed by atoms with Crippen LogP contribution in [0, 0.1) is 0 Å². The van der Waals surface area contributed by atoms with Crippen LogP contribution in [0.15, 0.2) is 89.9 Å². The number of amides is 1. The molecular weight excluding hydrogens is 382 g/mol. The van der Waals surface area contributed by atoms with Gasteiger partial charge in [0, 0.05) is 16.7 Å². The van der Waals surface area contributed by atoms with Crippen molar-refractivity contribution in [2.45, 2.75) is 6.54 Å². The lowest BCUT2D eigenvalue weighted by Gasteiger charge is -2.27. The van der Waals surface area contributed by atoms with Gasteiger partial charge in [0.25, 0.3) is 11.7 Å². The normalized spacial score (nSPS) is 14.7. The molecule has 2 aromatic rings. The zero-order chi connectivity index (χ0) is 21.1. The van der Waals surface area contributed by atoms with Crippen molar-refractivity contribution in [3.8, 4) is 5.75 Å². The highest BCUT2D eigenvalue weighted by Gasteiger charge is 2.34. The van der Waals surface area contributed by atoms with Crippen molar-refractivity contribution < 1.29 is 23.9 Å². The molecule has 0 bridgehead atoms. The summed E-state index contributed by atoms with van der Waals surface area (Å²) in [5.41, 5.74) is 2.52. The number of ketones is 2. The summed E-state index contributed by atoms with van der Waals surface area (Å²) in [6, 6.07) is 15.4. The van der Waals surface area contributed by atoms with Gasteiger partial charge in [-0.1, -0.05) is 42.5 Å². The van der Waals surface area contributed by atoms with Crippen LogP contribution in [0.4, 0.5) is 0 Å². The molecule has 0 radical (unpaired) electrons. The number of benzene rings is 2. The quantitative estimate of drug-likeness (QED) is 0.549. The van der Waals surface area contributed by atoms with E-state index in [-0.39, 0.29) is 30.2 Å². The number of hydrogen-bond donors (Lipinski definition) is 0. The molecule has 0 saturated heterocycles. The molecule has 0 spiro atoms. The van der Waals surface area contributed by atoms with Gasteiger partial charge in [-0.3, -0.25) is 19.3 Å². The Morgan fingerprint density at radius 2 is 1.77 bits per heavy atom. The van der Waals surface area contributed by atoms with Crippen LogP contribution in [-0.4, -0.2) is 36.1 Å². The average molecular weight is 401 g/mol. The van der Waals surface area contributed by atoms with E-state index in [1.807, 2.05) is 0 Å². The molecule has 6 heteroatoms. The smallest absolute Gasteiger partial charge is 0.299 e. The average Bonchev–Trinajstić information content (AvgIpc) is 3.27. The zero-order valence-electron chi connectivity index (χ0n) is 16.3. The highest BCUT2D eigenvalue weighted by molar-refractivity contribution is 6.43. The van der Waals surface area contributed by atoms with Gasteiger partial charge >= 0.3 is 0 Å². The Morgan fingerprint density at radius 1 is 1.03 bits per heavy atom. The first-order chi connectivity index (χ1) is 14.6. The Bertz CT molecular complexity index is 1090. The van der Waals surface area contributed by atoms with Gasteiger partial charge in [0.15, 0.2) is 0 Å². The van der Waals surface area contributed by atoms with Crippen LogP contribution >= 0.6 is 0 Å². The predicted octanol–water partition coefficient (Wildman–Crippen LogP) is 3.21. The van der Waals surface area contributed by atoms with Crippen molar-refractivity contribution in [3.63, 3.8) is 0 Å². The van der Waals surface area contributed by atoms with Crippen molar-refractivity contribution in [2.75, 3.05) is 13.7 Å². The van der Waals surface area contributed by atoms with E-state index in [1.165, 1.54) is 11.0 Å². The molecule has 0 atom stereocenters. The second-order valence-electron chi connectivity index (χ2n) is 6.84. The first-order valence-corrected chi connectivity index (χ1v) is 9.40. The standard InChI is InChI=1S/C24H19NO5/c1-29-19-10-7-16(8-11-19)13-25(24(28)23(27)17-5-3-2-4-6-17)22-20-15-30-14-18(20)9-12-21(22)26/h2-12,14H,13,15H2,1H3. The summed E-state index contributed by atoms with van der Waals surface area (Å²) in [5, 5.41) is 0. The number of fused-ring (bicyclic) bond motifs is 1. The molecule has 4 rings (SSSR count). The van der Waals surface area contributed by atoms with Crippen molar-refractivity contribution in [2.24, 2.45) is 0 Å². The molecule has 30 heavy (non-hydrogen) atoms. The number of hydrogen-bond acceptors (Lipinski definition) is 5. The molecule has 0 N–H and O–H groups in total. The molecule has 2 aromatic carbocycles. The van der Waals surface area contributed by atoms with Gasteiger partial charge in [0.2, 0.25) is 5.78 Å². The molecule has 1 heterocycles. The van der Waals surface area contributed by atoms with Crippen molar-refractivity contribution in [1.29, 1.82) is 0 Å². The molecule has 0 aromatic heterocycles. The van der Waals surface area contributed by atoms with Crippen LogP contribution in [0.5, 0.6) is 5.75 Å². The minimum Gasteiger partial charge on any atom is -0.497 e. The van der Waals surface area contributed by atoms with E-state index in [2.05, 4.69) is 0 Å². The van der Waals surface area contributed by atoms with E-state index in [1.54, 1.807) is 74.0 Å². The Morgan fingerprint density at radius 3 is 2.47 bits per heavy atom. The molecule has 1 aliphatic heterocycles. The molecule has 0 fully saturated rings. The summed E-state index contributed by atoms with van der Waals surface area (Å²) in [4.78, 5) is 40.2. The van der Waals surface area contributed by atoms with Gasteiger partial charge in [-0.25, -0.2) is 0 Å². The van der Waals surface area contributed by atoms with E-state index in [4.69, 9.17) is 9.47 Å². The largest absolute Gasteiger partial charge is 0.497 e. The SMILES string of the molecule is COc1ccc(CN(C(=O)C(=O)c2ccccc2)C2=C3COC=C3C=CC2=O)cc1. The zero-order valence-corrected chi connectivity index (χ0v) is 16.3. The number of carbonyl (C=O) groups excluding carboxylic acids is 3. The van der Waals surface area contributed by atoms with Gasteiger partial charge in [0.05, 0.1) is 25.6 Å². The van der Waals surface area contributed by atoms with Crippen molar-refractivity contribution in [1.82, 2.24) is 4.90 Å². The Kier molecular flexibility index (Phi) is 5.30. The second kappa shape index (κ2) is 8.21. The van der Waals surface area contributed by atoms with E-state index in [9.17, 15) is 14.4 Å². The number of Topliss-reactive ketones (excluding diaryl/α,β-unsaturated/α-hetero) is 1. The minimum atomic E-state index is -0.769. The highest BCUT2D eigenvalue weighted by atomic mass is 16.5. The van der Waals surface area contributed by atoms with E-state index in [0.717, 1.165) is 11.1 Å². The van der Waals surface area contributed by atoms with Gasteiger partial charge in [-0.05, 0) is 29.8 Å². The van der Waals surface area contributed by atoms with Crippen LogP contribution in [-0.2, 0) is 20.9 Å². The maximum atomic E-state index is 13.3. The summed E-state index contributed by atoms with van der Waals surface area (Å²) >= 11 is 0. The number of carbonyl (C=O) groups is 3. The Labute approximate surface area is 173 Å². The van der Waals surface area contributed by atoms with E-state index < -0.39 is 11.7 Å². The molecule has 1 aliphatic carbocycles. The summed E-state index contributed by atoms with van der Waals surface area (Å²) < 4.78 is 10.5. The molecule has 2 aliphatic rings. The minimum absolute atomic E-state index is 0.0626. The van der Waals surface area contributed by atoms with Gasteiger partial charge < -0.3 is 9.47 Å². The monoisotopic (exact) mass is 401 g/mol. The van der Waals surface area contributed by atoms with Crippen LogP contribution in [0.2, 0.25) is 0 Å². The Hall–Kier alpha value is -3.93. The molecular formula is C24H19NO5. The number of rotatable bonds is 6. The molecule has 1 amide bonds. The third-order valence-electron chi connectivity index (χ3n) is 4.96. The number of allylic oxidation sites excluding steroid dienone is 2. The van der Waals surface area contributed by atoms with Crippen LogP contribution < -0.4 is 4.74 Å². The van der Waals surface area contributed by atoms with Crippen molar-refractivity contribution in [3.05, 3.63) is 101 Å². The fourth-order valence-corrected chi connectivity index (χ4v) is 3.40. The van der Waals surface area contributed by atoms with Gasteiger partial charge in [0.1, 0.15) is 12.4 Å². The van der Waals surface area contributed by atoms with Crippen LogP contribution in [0.1, 0.15) is 15.9 Å². The molecule has 6 nitrogen and oxygen atoms in total. The molecule has 150 valence electrons. The van der Waals surface area contributed by atoms with Crippen LogP contribution in [0.3, 0.4) is 0 Å². The van der Waals surface area contributed by atoms with Crippen molar-refractivity contribution >= 4 is 17.5 Å². The number of methoxy groups -OCH3 is 1. The fraction of sp³-hybridized carbons (Fsp3) is 0.125. The first-order valence-electron chi connectivity index (χ1n) is 9.40. The topological polar surface area (TPSA) is 72.9 Å². The second-order valence-corrected chi connectivity index (χ2v) is 6.84. The number of nitrogens with zero attached hydrogens (tertiary/aromatic N) is 1. The third-order valence-corrected chi connectivity index (χ3v) is 4.96. The third kappa shape index (κ3) is 3.67. The lowest BCUT2D eigenvalue weighted by atomic mass is 9.96. The van der Waals surface area contributed by atoms with Gasteiger partial charge in [-0.15, -0.1) is 0 Å². The summed E-state index contributed by atoms with van der Waals surface area (Å²) in [6.07, 6.45) is 4.59. The lowest BCUT2D eigenvalue weighted by molar-refractivity contribution is -0.127. The summed E-state index contributed by atoms with van der Waals surface area (Å²) in [7, 11) is 1.57. The van der Waals surface area contributed by atoms with Gasteiger partial charge in [-0.2, -0.15) is 0 Å². The first kappa shape index (κ1) is 19.4. The van der Waals surface area contributed by atoms with E-state index in [0.29, 0.717) is 11.3 Å². The maximum Gasteiger partial charge on any atom is 0.299 e. The maximum absolute atomic E-state index is 13.3. The van der Waals surface area contributed by atoms with E-state index >= 15 is 0 Å². The predicted molar refractivity (Wildman–Crippen MR) is 110 cm³/mol. The lowest BCUT2D eigenvalue weighted by Crippen LogP contribution is -2.39.